The molecule has 0 bridgehead atoms. The minimum absolute atomic E-state index is 0.102. The summed E-state index contributed by atoms with van der Waals surface area (Å²) in [5.74, 6) is 1.52. The van der Waals surface area contributed by atoms with Gasteiger partial charge in [-0.05, 0) is 43.2 Å². The Bertz CT molecular complexity index is 389. The minimum Gasteiger partial charge on any atom is -0.380 e. The van der Waals surface area contributed by atoms with Crippen molar-refractivity contribution in [2.24, 2.45) is 11.8 Å². The van der Waals surface area contributed by atoms with Crippen LogP contribution in [0.1, 0.15) is 45.6 Å². The molecule has 1 saturated carbocycles. The molecule has 1 aliphatic rings. The van der Waals surface area contributed by atoms with Crippen LogP contribution >= 0.6 is 0 Å². The van der Waals surface area contributed by atoms with Crippen molar-refractivity contribution >= 4 is 0 Å². The zero-order chi connectivity index (χ0) is 15.1. The summed E-state index contributed by atoms with van der Waals surface area (Å²) in [6, 6.07) is 10.9. The van der Waals surface area contributed by atoms with Crippen LogP contribution in [-0.2, 0) is 10.2 Å². The van der Waals surface area contributed by atoms with E-state index < -0.39 is 0 Å². The molecule has 1 aromatic carbocycles. The summed E-state index contributed by atoms with van der Waals surface area (Å²) in [6.07, 6.45) is 3.82. The smallest absolute Gasteiger partial charge is 0.0575 e. The summed E-state index contributed by atoms with van der Waals surface area (Å²) < 4.78 is 6.09. The molecule has 1 aliphatic carbocycles. The van der Waals surface area contributed by atoms with Gasteiger partial charge in [-0.2, -0.15) is 0 Å². The molecule has 0 radical (unpaired) electrons. The molecule has 0 heterocycles. The number of ether oxygens (including phenoxy) is 1. The zero-order valence-electron chi connectivity index (χ0n) is 13.9. The predicted octanol–water partition coefficient (Wildman–Crippen LogP) is 4.01. The predicted molar refractivity (Wildman–Crippen MR) is 89.7 cm³/mol. The number of nitrogens with one attached hydrogen (secondary N) is 1. The van der Waals surface area contributed by atoms with Crippen LogP contribution in [0.25, 0.3) is 0 Å². The first kappa shape index (κ1) is 16.5. The summed E-state index contributed by atoms with van der Waals surface area (Å²) >= 11 is 0. The fourth-order valence-electron chi connectivity index (χ4n) is 2.76. The fraction of sp³-hybridized carbons (Fsp3) is 0.684. The largest absolute Gasteiger partial charge is 0.380 e. The second-order valence-corrected chi connectivity index (χ2v) is 6.98. The summed E-state index contributed by atoms with van der Waals surface area (Å²) in [7, 11) is 0. The number of hydrogen-bond donors (Lipinski definition) is 1. The normalized spacial score (nSPS) is 17.9. The molecule has 2 nitrogen and oxygen atoms in total. The Morgan fingerprint density at radius 1 is 1.24 bits per heavy atom. The average Bonchev–Trinajstić information content (AvgIpc) is 3.30. The van der Waals surface area contributed by atoms with E-state index in [9.17, 15) is 0 Å². The molecule has 1 fully saturated rings. The van der Waals surface area contributed by atoms with E-state index in [-0.39, 0.29) is 5.41 Å². The Morgan fingerprint density at radius 3 is 2.52 bits per heavy atom. The maximum Gasteiger partial charge on any atom is 0.0575 e. The minimum atomic E-state index is 0.102. The number of hydrogen-bond acceptors (Lipinski definition) is 2. The third-order valence-electron chi connectivity index (χ3n) is 4.51. The molecule has 1 aromatic rings. The van der Waals surface area contributed by atoms with Crippen LogP contribution in [0.2, 0.25) is 0 Å². The van der Waals surface area contributed by atoms with Gasteiger partial charge in [-0.1, -0.05) is 51.1 Å². The topological polar surface area (TPSA) is 21.3 Å². The van der Waals surface area contributed by atoms with Crippen molar-refractivity contribution < 1.29 is 4.74 Å². The van der Waals surface area contributed by atoms with Crippen LogP contribution in [0.4, 0.5) is 0 Å². The van der Waals surface area contributed by atoms with E-state index in [1.165, 1.54) is 18.4 Å². The Morgan fingerprint density at radius 2 is 1.95 bits per heavy atom. The SMILES string of the molecule is CCC(CNCC(C)C)(COCC1CC1)c1ccccc1. The lowest BCUT2D eigenvalue weighted by molar-refractivity contribution is 0.0716. The van der Waals surface area contributed by atoms with Gasteiger partial charge in [0.1, 0.15) is 0 Å². The van der Waals surface area contributed by atoms with E-state index in [0.717, 1.165) is 38.6 Å². The standard InChI is InChI=1S/C19H31NO/c1-4-19(14-20-12-16(2)3,15-21-13-17-10-11-17)18-8-6-5-7-9-18/h5-9,16-17,20H,4,10-15H2,1-3H3. The lowest BCUT2D eigenvalue weighted by Crippen LogP contribution is -2.43. The van der Waals surface area contributed by atoms with Gasteiger partial charge >= 0.3 is 0 Å². The fourth-order valence-corrected chi connectivity index (χ4v) is 2.76. The highest BCUT2D eigenvalue weighted by molar-refractivity contribution is 5.26. The molecule has 0 aliphatic heterocycles. The van der Waals surface area contributed by atoms with Gasteiger partial charge in [0.25, 0.3) is 0 Å². The highest BCUT2D eigenvalue weighted by Crippen LogP contribution is 2.32. The van der Waals surface area contributed by atoms with Gasteiger partial charge in [-0.25, -0.2) is 0 Å². The van der Waals surface area contributed by atoms with E-state index in [1.54, 1.807) is 0 Å². The Balaban J connectivity index is 2.01. The molecule has 21 heavy (non-hydrogen) atoms. The second-order valence-electron chi connectivity index (χ2n) is 6.98. The van der Waals surface area contributed by atoms with Crippen LogP contribution in [0, 0.1) is 11.8 Å². The Labute approximate surface area is 130 Å². The maximum atomic E-state index is 6.09. The molecule has 1 unspecified atom stereocenters. The number of benzene rings is 1. The number of rotatable bonds is 10. The lowest BCUT2D eigenvalue weighted by atomic mass is 9.78. The maximum absolute atomic E-state index is 6.09. The van der Waals surface area contributed by atoms with Gasteiger partial charge < -0.3 is 10.1 Å². The van der Waals surface area contributed by atoms with Crippen molar-refractivity contribution in [2.75, 3.05) is 26.3 Å². The third kappa shape index (κ3) is 5.12. The lowest BCUT2D eigenvalue weighted by Gasteiger charge is -2.34. The summed E-state index contributed by atoms with van der Waals surface area (Å²) in [4.78, 5) is 0. The second kappa shape index (κ2) is 7.95. The molecular formula is C19H31NO. The molecule has 2 heteroatoms. The average molecular weight is 289 g/mol. The third-order valence-corrected chi connectivity index (χ3v) is 4.51. The van der Waals surface area contributed by atoms with Crippen molar-refractivity contribution in [3.05, 3.63) is 35.9 Å². The summed E-state index contributed by atoms with van der Waals surface area (Å²) in [6.45, 7) is 10.6. The van der Waals surface area contributed by atoms with E-state index in [2.05, 4.69) is 56.4 Å². The van der Waals surface area contributed by atoms with Crippen molar-refractivity contribution in [3.63, 3.8) is 0 Å². The highest BCUT2D eigenvalue weighted by atomic mass is 16.5. The van der Waals surface area contributed by atoms with Gasteiger partial charge in [0, 0.05) is 18.6 Å². The summed E-state index contributed by atoms with van der Waals surface area (Å²) in [5, 5.41) is 3.65. The van der Waals surface area contributed by atoms with Crippen LogP contribution in [0.15, 0.2) is 30.3 Å². The van der Waals surface area contributed by atoms with Gasteiger partial charge in [0.05, 0.1) is 6.61 Å². The quantitative estimate of drug-likeness (QED) is 0.703. The highest BCUT2D eigenvalue weighted by Gasteiger charge is 2.31. The monoisotopic (exact) mass is 289 g/mol. The first-order valence-corrected chi connectivity index (χ1v) is 8.50. The van der Waals surface area contributed by atoms with Crippen molar-refractivity contribution in [3.8, 4) is 0 Å². The Hall–Kier alpha value is -0.860. The van der Waals surface area contributed by atoms with Crippen molar-refractivity contribution in [1.29, 1.82) is 0 Å². The van der Waals surface area contributed by atoms with Crippen LogP contribution in [-0.4, -0.2) is 26.3 Å². The van der Waals surface area contributed by atoms with Gasteiger partial charge in [0.2, 0.25) is 0 Å². The van der Waals surface area contributed by atoms with E-state index >= 15 is 0 Å². The molecular weight excluding hydrogens is 258 g/mol. The Kier molecular flexibility index (Phi) is 6.25. The van der Waals surface area contributed by atoms with Crippen LogP contribution in [0.3, 0.4) is 0 Å². The first-order chi connectivity index (χ1) is 10.2. The van der Waals surface area contributed by atoms with Crippen molar-refractivity contribution in [1.82, 2.24) is 5.32 Å². The van der Waals surface area contributed by atoms with Crippen molar-refractivity contribution in [2.45, 2.75) is 45.4 Å². The van der Waals surface area contributed by atoms with E-state index in [4.69, 9.17) is 4.74 Å². The molecule has 0 spiro atoms. The van der Waals surface area contributed by atoms with E-state index in [0.29, 0.717) is 5.92 Å². The molecule has 0 amide bonds. The first-order valence-electron chi connectivity index (χ1n) is 8.50. The van der Waals surface area contributed by atoms with Gasteiger partial charge in [-0.3, -0.25) is 0 Å². The molecule has 1 atom stereocenters. The van der Waals surface area contributed by atoms with Crippen LogP contribution in [0.5, 0.6) is 0 Å². The molecule has 0 saturated heterocycles. The van der Waals surface area contributed by atoms with Gasteiger partial charge in [0.15, 0.2) is 0 Å². The van der Waals surface area contributed by atoms with Crippen LogP contribution < -0.4 is 5.32 Å². The summed E-state index contributed by atoms with van der Waals surface area (Å²) in [5.41, 5.74) is 1.50. The zero-order valence-corrected chi connectivity index (χ0v) is 13.9. The van der Waals surface area contributed by atoms with Gasteiger partial charge in [-0.15, -0.1) is 0 Å². The van der Waals surface area contributed by atoms with E-state index in [1.807, 2.05) is 0 Å². The molecule has 118 valence electrons. The molecule has 0 aromatic heterocycles. The molecule has 1 N–H and O–H groups in total. The molecule has 2 rings (SSSR count).